The van der Waals surface area contributed by atoms with E-state index in [0.29, 0.717) is 16.9 Å². The van der Waals surface area contributed by atoms with Gasteiger partial charge in [-0.1, -0.05) is 13.8 Å². The summed E-state index contributed by atoms with van der Waals surface area (Å²) in [7, 11) is 0. The molecule has 1 aromatic heterocycles. The van der Waals surface area contributed by atoms with Crippen molar-refractivity contribution >= 4 is 17.6 Å². The Balaban J connectivity index is 2.19. The van der Waals surface area contributed by atoms with Gasteiger partial charge in [0.1, 0.15) is 23.8 Å². The molecule has 7 nitrogen and oxygen atoms in total. The van der Waals surface area contributed by atoms with Crippen LogP contribution in [0.15, 0.2) is 30.5 Å². The highest BCUT2D eigenvalue weighted by Gasteiger charge is 2.19. The molecule has 0 fully saturated rings. The second-order valence-electron chi connectivity index (χ2n) is 8.27. The van der Waals surface area contributed by atoms with Crippen molar-refractivity contribution in [2.45, 2.75) is 53.1 Å². The van der Waals surface area contributed by atoms with Crippen LogP contribution in [0, 0.1) is 23.7 Å². The number of aromatic nitrogens is 1. The lowest BCUT2D eigenvalue weighted by Crippen LogP contribution is -2.28. The average Bonchev–Trinajstić information content (AvgIpc) is 2.64. The molecule has 0 saturated carbocycles. The van der Waals surface area contributed by atoms with Gasteiger partial charge in [0.05, 0.1) is 17.3 Å². The predicted molar refractivity (Wildman–Crippen MR) is 116 cm³/mol. The molecule has 0 bridgehead atoms. The summed E-state index contributed by atoms with van der Waals surface area (Å²) in [5, 5.41) is 20.3. The van der Waals surface area contributed by atoms with E-state index in [0.717, 1.165) is 11.1 Å². The van der Waals surface area contributed by atoms with E-state index in [9.17, 15) is 10.1 Å². The summed E-state index contributed by atoms with van der Waals surface area (Å²) in [5.41, 5.74) is 2.29. The minimum absolute atomic E-state index is 0.0141. The van der Waals surface area contributed by atoms with Crippen molar-refractivity contribution in [3.8, 4) is 11.8 Å². The number of nitrogens with one attached hydrogen (secondary N) is 2. The highest BCUT2D eigenvalue weighted by atomic mass is 16.6. The third kappa shape index (κ3) is 6.05. The summed E-state index contributed by atoms with van der Waals surface area (Å²) in [6.45, 7) is 11.2. The Hall–Kier alpha value is -3.40. The monoisotopic (exact) mass is 408 g/mol. The van der Waals surface area contributed by atoms with Gasteiger partial charge in [0.15, 0.2) is 0 Å². The number of nitriles is 1. The van der Waals surface area contributed by atoms with Gasteiger partial charge in [-0.3, -0.25) is 5.32 Å². The van der Waals surface area contributed by atoms with E-state index in [-0.39, 0.29) is 24.1 Å². The van der Waals surface area contributed by atoms with Crippen molar-refractivity contribution in [2.24, 2.45) is 0 Å². The zero-order valence-corrected chi connectivity index (χ0v) is 18.3. The molecule has 1 heterocycles. The minimum atomic E-state index is -0.643. The molecule has 0 atom stereocenters. The lowest BCUT2D eigenvalue weighted by Gasteiger charge is -2.20. The number of pyridine rings is 1. The molecule has 1 aromatic carbocycles. The van der Waals surface area contributed by atoms with Crippen LogP contribution in [-0.4, -0.2) is 29.0 Å². The molecule has 2 rings (SSSR count). The van der Waals surface area contributed by atoms with Gasteiger partial charge in [-0.15, -0.1) is 0 Å². The molecule has 30 heavy (non-hydrogen) atoms. The minimum Gasteiger partial charge on any atom is -0.487 e. The summed E-state index contributed by atoms with van der Waals surface area (Å²) in [6.07, 6.45) is 0.895. The van der Waals surface area contributed by atoms with E-state index in [1.54, 1.807) is 32.9 Å². The molecule has 2 N–H and O–H groups in total. The molecule has 2 aromatic rings. The Morgan fingerprint density at radius 2 is 2.03 bits per heavy atom. The predicted octanol–water partition coefficient (Wildman–Crippen LogP) is 5.18. The first-order chi connectivity index (χ1) is 14.0. The number of hydrogen-bond acceptors (Lipinski definition) is 6. The molecule has 0 spiro atoms. The number of ether oxygens (including phenoxy) is 2. The van der Waals surface area contributed by atoms with Crippen molar-refractivity contribution < 1.29 is 14.3 Å². The van der Waals surface area contributed by atoms with Gasteiger partial charge in [0.2, 0.25) is 0 Å². The van der Waals surface area contributed by atoms with Crippen LogP contribution in [0.25, 0.3) is 0 Å². The quantitative estimate of drug-likeness (QED) is 0.640. The van der Waals surface area contributed by atoms with E-state index < -0.39 is 11.7 Å². The lowest BCUT2D eigenvalue weighted by atomic mass is 9.97. The van der Waals surface area contributed by atoms with Gasteiger partial charge in [-0.05, 0) is 69.0 Å². The number of carbonyl (C=O) groups excluding carboxylic acids is 1. The standard InChI is InChI=1S/C23H28N4O3/c1-14(2)18-11-16(12-24)15(3)10-20(18)29-13-19(25)17-8-7-9-26-21(17)27-22(28)30-23(4,5)6/h7-11,14,25H,13H2,1-6H3,(H,26,27,28). The maximum absolute atomic E-state index is 12.1. The number of amides is 1. The highest BCUT2D eigenvalue weighted by Crippen LogP contribution is 2.30. The summed E-state index contributed by atoms with van der Waals surface area (Å²) in [5.74, 6) is 1.03. The van der Waals surface area contributed by atoms with Crippen LogP contribution in [0.1, 0.15) is 62.8 Å². The normalized spacial score (nSPS) is 11.0. The molecule has 7 heteroatoms. The fraction of sp³-hybridized carbons (Fsp3) is 0.391. The van der Waals surface area contributed by atoms with Crippen molar-refractivity contribution in [3.63, 3.8) is 0 Å². The van der Waals surface area contributed by atoms with E-state index >= 15 is 0 Å². The van der Waals surface area contributed by atoms with Gasteiger partial charge in [0, 0.05) is 11.8 Å². The van der Waals surface area contributed by atoms with Crippen LogP contribution in [-0.2, 0) is 4.74 Å². The van der Waals surface area contributed by atoms with Crippen LogP contribution >= 0.6 is 0 Å². The number of nitrogens with zero attached hydrogens (tertiary/aromatic N) is 2. The Bertz CT molecular complexity index is 985. The molecule has 0 aliphatic rings. The number of rotatable bonds is 6. The van der Waals surface area contributed by atoms with E-state index in [1.807, 2.05) is 32.9 Å². The molecular formula is C23H28N4O3. The van der Waals surface area contributed by atoms with Crippen molar-refractivity contribution in [3.05, 3.63) is 52.7 Å². The molecular weight excluding hydrogens is 380 g/mol. The zero-order valence-electron chi connectivity index (χ0n) is 18.3. The number of aryl methyl sites for hydroxylation is 1. The number of benzene rings is 1. The largest absolute Gasteiger partial charge is 0.487 e. The molecule has 0 saturated heterocycles. The Kier molecular flexibility index (Phi) is 7.17. The Labute approximate surface area is 177 Å². The summed E-state index contributed by atoms with van der Waals surface area (Å²) >= 11 is 0. The van der Waals surface area contributed by atoms with Crippen molar-refractivity contribution in [1.29, 1.82) is 10.7 Å². The zero-order chi connectivity index (χ0) is 22.5. The summed E-state index contributed by atoms with van der Waals surface area (Å²) in [4.78, 5) is 16.3. The molecule has 0 radical (unpaired) electrons. The number of carbonyl (C=O) groups is 1. The average molecular weight is 409 g/mol. The SMILES string of the molecule is Cc1cc(OCC(=N)c2cccnc2NC(=O)OC(C)(C)C)c(C(C)C)cc1C#N. The van der Waals surface area contributed by atoms with Gasteiger partial charge < -0.3 is 14.9 Å². The van der Waals surface area contributed by atoms with E-state index in [2.05, 4.69) is 16.4 Å². The summed E-state index contributed by atoms with van der Waals surface area (Å²) in [6, 6.07) is 9.23. The van der Waals surface area contributed by atoms with Gasteiger partial charge in [-0.2, -0.15) is 5.26 Å². The number of hydrogen-bond donors (Lipinski definition) is 2. The first-order valence-corrected chi connectivity index (χ1v) is 9.72. The third-order valence-corrected chi connectivity index (χ3v) is 4.22. The highest BCUT2D eigenvalue weighted by molar-refractivity contribution is 6.05. The Morgan fingerprint density at radius 1 is 1.33 bits per heavy atom. The number of anilines is 1. The summed E-state index contributed by atoms with van der Waals surface area (Å²) < 4.78 is 11.2. The first-order valence-electron chi connectivity index (χ1n) is 9.72. The van der Waals surface area contributed by atoms with E-state index in [4.69, 9.17) is 14.9 Å². The van der Waals surface area contributed by atoms with E-state index in [1.165, 1.54) is 6.20 Å². The lowest BCUT2D eigenvalue weighted by molar-refractivity contribution is 0.0635. The Morgan fingerprint density at radius 3 is 2.63 bits per heavy atom. The molecule has 158 valence electrons. The fourth-order valence-corrected chi connectivity index (χ4v) is 2.77. The van der Waals surface area contributed by atoms with Crippen LogP contribution in [0.5, 0.6) is 5.75 Å². The maximum atomic E-state index is 12.1. The van der Waals surface area contributed by atoms with Crippen LogP contribution in [0.3, 0.4) is 0 Å². The molecule has 0 unspecified atom stereocenters. The third-order valence-electron chi connectivity index (χ3n) is 4.22. The maximum Gasteiger partial charge on any atom is 0.413 e. The molecule has 0 aliphatic heterocycles. The van der Waals surface area contributed by atoms with Crippen molar-refractivity contribution in [1.82, 2.24) is 4.98 Å². The smallest absolute Gasteiger partial charge is 0.413 e. The van der Waals surface area contributed by atoms with Crippen LogP contribution in [0.2, 0.25) is 0 Å². The van der Waals surface area contributed by atoms with Gasteiger partial charge in [-0.25, -0.2) is 9.78 Å². The second-order valence-corrected chi connectivity index (χ2v) is 8.27. The second kappa shape index (κ2) is 9.40. The molecule has 1 amide bonds. The topological polar surface area (TPSA) is 108 Å². The molecule has 0 aliphatic carbocycles. The van der Waals surface area contributed by atoms with Crippen LogP contribution in [0.4, 0.5) is 10.6 Å². The van der Waals surface area contributed by atoms with Gasteiger partial charge >= 0.3 is 6.09 Å². The van der Waals surface area contributed by atoms with Crippen LogP contribution < -0.4 is 10.1 Å². The first kappa shape index (κ1) is 22.9. The van der Waals surface area contributed by atoms with Gasteiger partial charge in [0.25, 0.3) is 0 Å². The fourth-order valence-electron chi connectivity index (χ4n) is 2.77. The van der Waals surface area contributed by atoms with Crippen molar-refractivity contribution in [2.75, 3.05) is 11.9 Å².